The molecule has 0 aliphatic heterocycles. The molecule has 1 atom stereocenters. The molecule has 0 bridgehead atoms. The van der Waals surface area contributed by atoms with E-state index in [0.29, 0.717) is 5.02 Å². The molecule has 29 heavy (non-hydrogen) atoms. The van der Waals surface area contributed by atoms with Crippen molar-refractivity contribution in [2.75, 3.05) is 0 Å². The molecule has 0 fully saturated rings. The maximum Gasteiger partial charge on any atom is 0.0841 e. The third-order valence-corrected chi connectivity index (χ3v) is 6.46. The molecule has 0 saturated carbocycles. The van der Waals surface area contributed by atoms with Crippen molar-refractivity contribution in [2.45, 2.75) is 25.5 Å². The first-order valence-corrected chi connectivity index (χ1v) is 10.3. The van der Waals surface area contributed by atoms with Crippen LogP contribution in [0.2, 0.25) is 5.02 Å². The summed E-state index contributed by atoms with van der Waals surface area (Å²) < 4.78 is 1.13. The van der Waals surface area contributed by atoms with E-state index >= 15 is 0 Å². The molecule has 3 N–H and O–H groups in total. The van der Waals surface area contributed by atoms with Gasteiger partial charge in [0.1, 0.15) is 0 Å². The summed E-state index contributed by atoms with van der Waals surface area (Å²) in [6.07, 6.45) is 1.74. The number of rotatable bonds is 4. The summed E-state index contributed by atoms with van der Waals surface area (Å²) in [6.45, 7) is 3.55. The van der Waals surface area contributed by atoms with Gasteiger partial charge in [-0.2, -0.15) is 0 Å². The highest BCUT2D eigenvalue weighted by molar-refractivity contribution is 7.19. The van der Waals surface area contributed by atoms with E-state index in [2.05, 4.69) is 23.2 Å². The van der Waals surface area contributed by atoms with Gasteiger partial charge in [-0.3, -0.25) is 4.98 Å². The lowest BCUT2D eigenvalue weighted by atomic mass is 9.97. The van der Waals surface area contributed by atoms with E-state index in [4.69, 9.17) is 17.3 Å². The second kappa shape index (κ2) is 8.42. The maximum atomic E-state index is 10.3. The Hall–Kier alpha value is -1.95. The van der Waals surface area contributed by atoms with Crippen LogP contribution in [-0.4, -0.2) is 10.1 Å². The summed E-state index contributed by atoms with van der Waals surface area (Å²) in [5.74, 6) is 0. The molecule has 6 heteroatoms. The van der Waals surface area contributed by atoms with Gasteiger partial charge in [0.2, 0.25) is 0 Å². The number of aliphatic hydroxyl groups is 1. The van der Waals surface area contributed by atoms with Crippen LogP contribution in [0.3, 0.4) is 0 Å². The first kappa shape index (κ1) is 21.8. The standard InChI is InChI=1S/C23H21ClN2OS.ClH/c1-23(2,27)15-10-11-26-19(13-15)17-8-5-6-14-12-20(28-22(14)17)21(25)16-7-3-4-9-18(16)24;/h3-13,21,27H,25H2,1-2H3;1H/t21-;/m1./s1. The molecule has 3 nitrogen and oxygen atoms in total. The highest BCUT2D eigenvalue weighted by Gasteiger charge is 2.19. The van der Waals surface area contributed by atoms with Crippen LogP contribution < -0.4 is 5.73 Å². The Kier molecular flexibility index (Phi) is 6.32. The third kappa shape index (κ3) is 4.32. The highest BCUT2D eigenvalue weighted by atomic mass is 35.5. The molecule has 0 aliphatic carbocycles. The van der Waals surface area contributed by atoms with Gasteiger partial charge in [0.15, 0.2) is 0 Å². The molecule has 0 unspecified atom stereocenters. The zero-order valence-corrected chi connectivity index (χ0v) is 18.5. The minimum atomic E-state index is -0.918. The van der Waals surface area contributed by atoms with Crippen molar-refractivity contribution in [3.63, 3.8) is 0 Å². The molecule has 0 radical (unpaired) electrons. The summed E-state index contributed by atoms with van der Waals surface area (Å²) >= 11 is 8.00. The SMILES string of the molecule is CC(C)(O)c1ccnc(-c2cccc3cc([C@H](N)c4ccccc4Cl)sc23)c1.Cl. The minimum absolute atomic E-state index is 0. The van der Waals surface area contributed by atoms with Gasteiger partial charge in [0.25, 0.3) is 0 Å². The predicted molar refractivity (Wildman–Crippen MR) is 125 cm³/mol. The second-order valence-electron chi connectivity index (χ2n) is 7.36. The smallest absolute Gasteiger partial charge is 0.0841 e. The zero-order chi connectivity index (χ0) is 19.9. The van der Waals surface area contributed by atoms with Crippen LogP contribution in [0, 0.1) is 0 Å². The van der Waals surface area contributed by atoms with Crippen molar-refractivity contribution in [3.8, 4) is 11.3 Å². The summed E-state index contributed by atoms with van der Waals surface area (Å²) in [5, 5.41) is 12.1. The van der Waals surface area contributed by atoms with Crippen molar-refractivity contribution in [3.05, 3.63) is 87.9 Å². The first-order chi connectivity index (χ1) is 13.3. The fourth-order valence-electron chi connectivity index (χ4n) is 3.28. The van der Waals surface area contributed by atoms with Crippen molar-refractivity contribution in [2.24, 2.45) is 5.73 Å². The number of thiophene rings is 1. The molecular weight excluding hydrogens is 423 g/mol. The predicted octanol–water partition coefficient (Wildman–Crippen LogP) is 6.31. The number of halogens is 2. The van der Waals surface area contributed by atoms with Gasteiger partial charge in [0, 0.05) is 26.4 Å². The first-order valence-electron chi connectivity index (χ1n) is 9.06. The molecule has 2 heterocycles. The minimum Gasteiger partial charge on any atom is -0.386 e. The molecule has 150 valence electrons. The van der Waals surface area contributed by atoms with Gasteiger partial charge in [-0.15, -0.1) is 23.7 Å². The Balaban J connectivity index is 0.00000240. The number of benzene rings is 2. The van der Waals surface area contributed by atoms with E-state index in [1.165, 1.54) is 0 Å². The topological polar surface area (TPSA) is 59.1 Å². The van der Waals surface area contributed by atoms with Gasteiger partial charge < -0.3 is 10.8 Å². The van der Waals surface area contributed by atoms with E-state index < -0.39 is 5.60 Å². The molecule has 2 aromatic carbocycles. The Morgan fingerprint density at radius 2 is 1.83 bits per heavy atom. The number of fused-ring (bicyclic) bond motifs is 1. The fourth-order valence-corrected chi connectivity index (χ4v) is 4.73. The van der Waals surface area contributed by atoms with Crippen LogP contribution in [0.15, 0.2) is 66.9 Å². The average Bonchev–Trinajstić information content (AvgIpc) is 3.11. The average molecular weight is 445 g/mol. The lowest BCUT2D eigenvalue weighted by molar-refractivity contribution is 0.0785. The van der Waals surface area contributed by atoms with E-state index in [-0.39, 0.29) is 18.4 Å². The maximum absolute atomic E-state index is 10.3. The summed E-state index contributed by atoms with van der Waals surface area (Å²) in [6, 6.07) is 19.5. The van der Waals surface area contributed by atoms with Crippen LogP contribution in [0.1, 0.15) is 35.9 Å². The molecule has 4 rings (SSSR count). The number of nitrogens with zero attached hydrogens (tertiary/aromatic N) is 1. The number of hydrogen-bond donors (Lipinski definition) is 2. The van der Waals surface area contributed by atoms with Gasteiger partial charge in [-0.1, -0.05) is 48.0 Å². The van der Waals surface area contributed by atoms with Crippen LogP contribution in [-0.2, 0) is 5.60 Å². The third-order valence-electron chi connectivity index (χ3n) is 4.85. The Bertz CT molecular complexity index is 1150. The quantitative estimate of drug-likeness (QED) is 0.387. The van der Waals surface area contributed by atoms with Gasteiger partial charge in [-0.05, 0) is 54.6 Å². The van der Waals surface area contributed by atoms with Crippen molar-refractivity contribution in [1.82, 2.24) is 4.98 Å². The van der Waals surface area contributed by atoms with Crippen molar-refractivity contribution < 1.29 is 5.11 Å². The summed E-state index contributed by atoms with van der Waals surface area (Å²) in [4.78, 5) is 5.59. The monoisotopic (exact) mass is 444 g/mol. The van der Waals surface area contributed by atoms with Gasteiger partial charge >= 0.3 is 0 Å². The normalized spacial score (nSPS) is 12.6. The van der Waals surface area contributed by atoms with Crippen LogP contribution in [0.25, 0.3) is 21.3 Å². The van der Waals surface area contributed by atoms with E-state index in [0.717, 1.165) is 37.3 Å². The van der Waals surface area contributed by atoms with Crippen LogP contribution in [0.4, 0.5) is 0 Å². The molecule has 4 aromatic rings. The Morgan fingerprint density at radius 3 is 2.55 bits per heavy atom. The lowest BCUT2D eigenvalue weighted by Crippen LogP contribution is -2.15. The Morgan fingerprint density at radius 1 is 1.07 bits per heavy atom. The summed E-state index contributed by atoms with van der Waals surface area (Å²) in [7, 11) is 0. The van der Waals surface area contributed by atoms with Crippen LogP contribution in [0.5, 0.6) is 0 Å². The molecular formula is C23H22Cl2N2OS. The molecule has 0 aliphatic rings. The molecule has 0 saturated heterocycles. The van der Waals surface area contributed by atoms with E-state index in [9.17, 15) is 5.11 Å². The second-order valence-corrected chi connectivity index (χ2v) is 8.85. The summed E-state index contributed by atoms with van der Waals surface area (Å²) in [5.41, 5.74) is 9.23. The lowest BCUT2D eigenvalue weighted by Gasteiger charge is -2.18. The number of hydrogen-bond acceptors (Lipinski definition) is 4. The molecule has 0 spiro atoms. The van der Waals surface area contributed by atoms with Crippen molar-refractivity contribution in [1.29, 1.82) is 0 Å². The van der Waals surface area contributed by atoms with E-state index in [1.54, 1.807) is 31.4 Å². The molecule has 2 aromatic heterocycles. The van der Waals surface area contributed by atoms with E-state index in [1.807, 2.05) is 42.5 Å². The largest absolute Gasteiger partial charge is 0.386 e. The number of pyridine rings is 1. The number of nitrogens with two attached hydrogens (primary N) is 1. The van der Waals surface area contributed by atoms with Gasteiger partial charge in [0.05, 0.1) is 17.3 Å². The van der Waals surface area contributed by atoms with Gasteiger partial charge in [-0.25, -0.2) is 0 Å². The van der Waals surface area contributed by atoms with Crippen molar-refractivity contribution >= 4 is 45.4 Å². The zero-order valence-electron chi connectivity index (χ0n) is 16.1. The Labute approximate surface area is 185 Å². The molecule has 0 amide bonds. The highest BCUT2D eigenvalue weighted by Crippen LogP contribution is 2.39. The fraction of sp³-hybridized carbons (Fsp3) is 0.174. The number of aromatic nitrogens is 1. The van der Waals surface area contributed by atoms with Crippen LogP contribution >= 0.6 is 35.3 Å².